The zero-order valence-corrected chi connectivity index (χ0v) is 14.2. The maximum atomic E-state index is 12.1. The van der Waals surface area contributed by atoms with Gasteiger partial charge in [-0.2, -0.15) is 5.10 Å². The summed E-state index contributed by atoms with van der Waals surface area (Å²) in [5, 5.41) is 6.20. The monoisotopic (exact) mass is 330 g/mol. The third-order valence-corrected chi connectivity index (χ3v) is 4.57. The highest BCUT2D eigenvalue weighted by atomic mass is 16.2. The summed E-state index contributed by atoms with van der Waals surface area (Å²) in [6, 6.07) is 14.0. The lowest BCUT2D eigenvalue weighted by Crippen LogP contribution is -2.24. The molecule has 124 valence electrons. The smallest absolute Gasteiger partial charge is 0.240 e. The third-order valence-electron chi connectivity index (χ3n) is 4.57. The van der Waals surface area contributed by atoms with Gasteiger partial charge in [0.2, 0.25) is 5.91 Å². The molecule has 0 spiro atoms. The highest BCUT2D eigenvalue weighted by molar-refractivity contribution is 6.04. The summed E-state index contributed by atoms with van der Waals surface area (Å²) in [4.78, 5) is 20.8. The van der Waals surface area contributed by atoms with Crippen molar-refractivity contribution in [1.82, 2.24) is 15.0 Å². The van der Waals surface area contributed by atoms with Crippen molar-refractivity contribution in [3.63, 3.8) is 0 Å². The van der Waals surface area contributed by atoms with E-state index >= 15 is 0 Å². The van der Waals surface area contributed by atoms with E-state index in [0.29, 0.717) is 6.42 Å². The Hall–Kier alpha value is -3.08. The number of hydrogen-bond donors (Lipinski definition) is 0. The second kappa shape index (κ2) is 6.09. The third kappa shape index (κ3) is 2.78. The quantitative estimate of drug-likeness (QED) is 0.721. The van der Waals surface area contributed by atoms with Crippen LogP contribution >= 0.6 is 0 Å². The van der Waals surface area contributed by atoms with Gasteiger partial charge in [-0.1, -0.05) is 30.3 Å². The number of carbonyl (C=O) groups excluding carboxylic acids is 1. The molecule has 0 saturated heterocycles. The number of hydrazone groups is 1. The van der Waals surface area contributed by atoms with Gasteiger partial charge in [0.1, 0.15) is 0 Å². The lowest BCUT2D eigenvalue weighted by atomic mass is 9.96. The molecule has 2 aromatic carbocycles. The molecule has 1 atom stereocenters. The van der Waals surface area contributed by atoms with Crippen LogP contribution in [0.15, 0.2) is 60.0 Å². The minimum Gasteiger partial charge on any atom is -0.273 e. The molecule has 5 heteroatoms. The zero-order valence-electron chi connectivity index (χ0n) is 14.2. The van der Waals surface area contributed by atoms with E-state index in [2.05, 4.69) is 34.1 Å². The van der Waals surface area contributed by atoms with E-state index < -0.39 is 0 Å². The van der Waals surface area contributed by atoms with Gasteiger partial charge in [0.05, 0.1) is 22.8 Å². The van der Waals surface area contributed by atoms with Crippen LogP contribution in [0.25, 0.3) is 11.0 Å². The lowest BCUT2D eigenvalue weighted by molar-refractivity contribution is -0.130. The molecule has 1 aliphatic heterocycles. The van der Waals surface area contributed by atoms with Crippen LogP contribution in [-0.2, 0) is 4.79 Å². The van der Waals surface area contributed by atoms with Gasteiger partial charge < -0.3 is 0 Å². The molecule has 1 aromatic heterocycles. The Morgan fingerprint density at radius 1 is 1.08 bits per heavy atom. The summed E-state index contributed by atoms with van der Waals surface area (Å²) in [5.41, 5.74) is 5.89. The van der Waals surface area contributed by atoms with Crippen molar-refractivity contribution >= 4 is 22.7 Å². The molecular weight excluding hydrogens is 312 g/mol. The first-order valence-corrected chi connectivity index (χ1v) is 8.27. The van der Waals surface area contributed by atoms with Crippen molar-refractivity contribution in [3.05, 3.63) is 71.5 Å². The highest BCUT2D eigenvalue weighted by Gasteiger charge is 2.31. The number of rotatable bonds is 2. The van der Waals surface area contributed by atoms with Crippen LogP contribution in [0.2, 0.25) is 0 Å². The highest BCUT2D eigenvalue weighted by Crippen LogP contribution is 2.34. The summed E-state index contributed by atoms with van der Waals surface area (Å²) < 4.78 is 0. The summed E-state index contributed by atoms with van der Waals surface area (Å²) in [6.45, 7) is 3.62. The van der Waals surface area contributed by atoms with Gasteiger partial charge >= 0.3 is 0 Å². The Morgan fingerprint density at radius 2 is 1.84 bits per heavy atom. The van der Waals surface area contributed by atoms with Gasteiger partial charge in [0.25, 0.3) is 0 Å². The van der Waals surface area contributed by atoms with Crippen molar-refractivity contribution in [3.8, 4) is 0 Å². The predicted octanol–water partition coefficient (Wildman–Crippen LogP) is 3.64. The first kappa shape index (κ1) is 15.4. The normalized spacial score (nSPS) is 17.0. The maximum Gasteiger partial charge on any atom is 0.240 e. The fourth-order valence-corrected chi connectivity index (χ4v) is 3.31. The number of hydrogen-bond acceptors (Lipinski definition) is 4. The van der Waals surface area contributed by atoms with E-state index in [9.17, 15) is 4.79 Å². The van der Waals surface area contributed by atoms with Gasteiger partial charge in [0.15, 0.2) is 0 Å². The van der Waals surface area contributed by atoms with Crippen molar-refractivity contribution in [1.29, 1.82) is 0 Å². The minimum absolute atomic E-state index is 0.0622. The van der Waals surface area contributed by atoms with E-state index in [1.54, 1.807) is 24.3 Å². The Labute approximate surface area is 146 Å². The van der Waals surface area contributed by atoms with Crippen LogP contribution in [-0.4, -0.2) is 26.6 Å². The molecule has 1 unspecified atom stereocenters. The van der Waals surface area contributed by atoms with Crippen LogP contribution in [0.1, 0.15) is 36.1 Å². The number of carbonyl (C=O) groups is 1. The molecule has 3 aromatic rings. The standard InChI is InChI=1S/C20H18N4O/c1-13-5-3-4-6-16(13)18-12-20(24(23-18)14(2)25)15-7-8-17-19(11-15)22-10-9-21-17/h3-11,20H,12H2,1-2H3. The summed E-state index contributed by atoms with van der Waals surface area (Å²) in [5.74, 6) is -0.0622. The van der Waals surface area contributed by atoms with Crippen LogP contribution in [0.3, 0.4) is 0 Å². The molecule has 5 nitrogen and oxygen atoms in total. The average Bonchev–Trinajstić information content (AvgIpc) is 3.07. The van der Waals surface area contributed by atoms with Crippen molar-refractivity contribution in [2.24, 2.45) is 5.10 Å². The van der Waals surface area contributed by atoms with Crippen LogP contribution in [0.5, 0.6) is 0 Å². The zero-order chi connectivity index (χ0) is 17.4. The number of aryl methyl sites for hydroxylation is 1. The molecule has 0 radical (unpaired) electrons. The van der Waals surface area contributed by atoms with Crippen LogP contribution < -0.4 is 0 Å². The minimum atomic E-state index is -0.112. The molecule has 0 fully saturated rings. The lowest BCUT2D eigenvalue weighted by Gasteiger charge is -2.20. The van der Waals surface area contributed by atoms with E-state index in [4.69, 9.17) is 0 Å². The molecule has 0 saturated carbocycles. The van der Waals surface area contributed by atoms with Crippen LogP contribution in [0.4, 0.5) is 0 Å². The summed E-state index contributed by atoms with van der Waals surface area (Å²) in [6.07, 6.45) is 4.05. The number of nitrogens with zero attached hydrogens (tertiary/aromatic N) is 4. The molecule has 2 heterocycles. The Morgan fingerprint density at radius 3 is 2.60 bits per heavy atom. The Kier molecular flexibility index (Phi) is 3.76. The SMILES string of the molecule is CC(=O)N1N=C(c2ccccc2C)CC1c1ccc2nccnc2c1. The largest absolute Gasteiger partial charge is 0.273 e. The molecule has 4 rings (SSSR count). The molecule has 0 bridgehead atoms. The van der Waals surface area contributed by atoms with Gasteiger partial charge in [0, 0.05) is 31.3 Å². The topological polar surface area (TPSA) is 58.5 Å². The Balaban J connectivity index is 1.74. The van der Waals surface area contributed by atoms with E-state index in [-0.39, 0.29) is 11.9 Å². The van der Waals surface area contributed by atoms with E-state index in [1.807, 2.05) is 30.3 Å². The van der Waals surface area contributed by atoms with Gasteiger partial charge in [-0.25, -0.2) is 5.01 Å². The maximum absolute atomic E-state index is 12.1. The van der Waals surface area contributed by atoms with Crippen molar-refractivity contribution in [2.45, 2.75) is 26.3 Å². The van der Waals surface area contributed by atoms with Gasteiger partial charge in [-0.3, -0.25) is 14.8 Å². The molecule has 0 N–H and O–H groups in total. The fraction of sp³-hybridized carbons (Fsp3) is 0.200. The first-order chi connectivity index (χ1) is 12.1. The average molecular weight is 330 g/mol. The molecule has 1 aliphatic rings. The second-order valence-corrected chi connectivity index (χ2v) is 6.25. The number of fused-ring (bicyclic) bond motifs is 1. The predicted molar refractivity (Wildman–Crippen MR) is 97.1 cm³/mol. The summed E-state index contributed by atoms with van der Waals surface area (Å²) in [7, 11) is 0. The van der Waals surface area contributed by atoms with Gasteiger partial charge in [-0.05, 0) is 30.2 Å². The molecule has 25 heavy (non-hydrogen) atoms. The molecule has 0 aliphatic carbocycles. The van der Waals surface area contributed by atoms with E-state index in [0.717, 1.165) is 33.4 Å². The van der Waals surface area contributed by atoms with Crippen molar-refractivity contribution < 1.29 is 4.79 Å². The first-order valence-electron chi connectivity index (χ1n) is 8.27. The Bertz CT molecular complexity index is 996. The fourth-order valence-electron chi connectivity index (χ4n) is 3.31. The van der Waals surface area contributed by atoms with Gasteiger partial charge in [-0.15, -0.1) is 0 Å². The summed E-state index contributed by atoms with van der Waals surface area (Å²) >= 11 is 0. The molecule has 1 amide bonds. The second-order valence-electron chi connectivity index (χ2n) is 6.25. The number of amides is 1. The molecular formula is C20H18N4O. The van der Waals surface area contributed by atoms with Crippen molar-refractivity contribution in [2.75, 3.05) is 0 Å². The number of benzene rings is 2. The van der Waals surface area contributed by atoms with E-state index in [1.165, 1.54) is 0 Å². The number of aromatic nitrogens is 2. The van der Waals surface area contributed by atoms with Crippen LogP contribution in [0, 0.1) is 6.92 Å².